The van der Waals surface area contributed by atoms with E-state index in [1.807, 2.05) is 18.2 Å². The Morgan fingerprint density at radius 1 is 1.05 bits per heavy atom. The zero-order valence-corrected chi connectivity index (χ0v) is 12.0. The maximum absolute atomic E-state index is 6.30. The minimum atomic E-state index is -0.112. The van der Waals surface area contributed by atoms with Crippen molar-refractivity contribution in [2.45, 2.75) is 24.8 Å². The zero-order valence-electron chi connectivity index (χ0n) is 10.4. The summed E-state index contributed by atoms with van der Waals surface area (Å²) >= 11 is 12.4. The van der Waals surface area contributed by atoms with E-state index in [4.69, 9.17) is 28.9 Å². The lowest BCUT2D eigenvalue weighted by Crippen LogP contribution is -2.23. The first kappa shape index (κ1) is 13.0. The van der Waals surface area contributed by atoms with Crippen molar-refractivity contribution in [3.05, 3.63) is 69.2 Å². The van der Waals surface area contributed by atoms with Crippen molar-refractivity contribution >= 4 is 23.2 Å². The first-order valence-electron chi connectivity index (χ1n) is 6.44. The van der Waals surface area contributed by atoms with Crippen LogP contribution in [0.4, 0.5) is 0 Å². The van der Waals surface area contributed by atoms with E-state index in [9.17, 15) is 0 Å². The van der Waals surface area contributed by atoms with Crippen LogP contribution < -0.4 is 5.73 Å². The Kier molecular flexibility index (Phi) is 3.53. The van der Waals surface area contributed by atoms with Crippen LogP contribution in [-0.4, -0.2) is 0 Å². The van der Waals surface area contributed by atoms with Gasteiger partial charge in [0, 0.05) is 21.7 Å². The van der Waals surface area contributed by atoms with Gasteiger partial charge in [-0.3, -0.25) is 0 Å². The molecule has 0 saturated heterocycles. The summed E-state index contributed by atoms with van der Waals surface area (Å²) in [6, 6.07) is 14.0. The van der Waals surface area contributed by atoms with Crippen molar-refractivity contribution in [1.82, 2.24) is 0 Å². The van der Waals surface area contributed by atoms with Gasteiger partial charge in [-0.1, -0.05) is 53.5 Å². The topological polar surface area (TPSA) is 26.0 Å². The fraction of sp³-hybridized carbons (Fsp3) is 0.250. The maximum Gasteiger partial charge on any atom is 0.0468 e. The number of fused-ring (bicyclic) bond motifs is 1. The van der Waals surface area contributed by atoms with E-state index in [1.54, 1.807) is 0 Å². The van der Waals surface area contributed by atoms with E-state index in [-0.39, 0.29) is 6.04 Å². The van der Waals surface area contributed by atoms with Gasteiger partial charge >= 0.3 is 0 Å². The summed E-state index contributed by atoms with van der Waals surface area (Å²) in [7, 11) is 0. The van der Waals surface area contributed by atoms with Crippen LogP contribution in [0.1, 0.15) is 35.1 Å². The summed E-state index contributed by atoms with van der Waals surface area (Å²) in [4.78, 5) is 0. The van der Waals surface area contributed by atoms with Crippen LogP contribution in [0, 0.1) is 0 Å². The fourth-order valence-corrected chi connectivity index (χ4v) is 3.54. The molecule has 19 heavy (non-hydrogen) atoms. The lowest BCUT2D eigenvalue weighted by molar-refractivity contribution is 0.498. The highest BCUT2D eigenvalue weighted by atomic mass is 35.5. The highest BCUT2D eigenvalue weighted by Crippen LogP contribution is 2.42. The number of halogens is 2. The predicted molar refractivity (Wildman–Crippen MR) is 80.9 cm³/mol. The summed E-state index contributed by atoms with van der Waals surface area (Å²) in [6.07, 6.45) is 1.99. The standard InChI is InChI=1S/C16H15Cl2N/c17-13-6-3-7-14(18)16(13)15(19)9-11-8-10-4-1-2-5-12(10)11/h1-7,11,15H,8-9,19H2. The summed E-state index contributed by atoms with van der Waals surface area (Å²) in [6.45, 7) is 0. The summed E-state index contributed by atoms with van der Waals surface area (Å²) in [5.74, 6) is 0.526. The molecule has 2 atom stereocenters. The third-order valence-corrected chi connectivity index (χ3v) is 4.53. The molecule has 3 rings (SSSR count). The van der Waals surface area contributed by atoms with Crippen molar-refractivity contribution in [2.75, 3.05) is 0 Å². The van der Waals surface area contributed by atoms with E-state index in [0.29, 0.717) is 16.0 Å². The molecule has 0 saturated carbocycles. The van der Waals surface area contributed by atoms with E-state index in [0.717, 1.165) is 18.4 Å². The molecule has 0 heterocycles. The van der Waals surface area contributed by atoms with Gasteiger partial charge in [0.1, 0.15) is 0 Å². The van der Waals surface area contributed by atoms with Gasteiger partial charge in [0.2, 0.25) is 0 Å². The molecule has 0 radical (unpaired) electrons. The second-order valence-corrected chi connectivity index (χ2v) is 5.89. The average Bonchev–Trinajstić information content (AvgIpc) is 2.36. The molecule has 0 aliphatic heterocycles. The van der Waals surface area contributed by atoms with Gasteiger partial charge in [-0.05, 0) is 42.0 Å². The molecule has 1 aliphatic rings. The van der Waals surface area contributed by atoms with Crippen LogP contribution in [0.25, 0.3) is 0 Å². The first-order valence-corrected chi connectivity index (χ1v) is 7.19. The number of hydrogen-bond acceptors (Lipinski definition) is 1. The molecular weight excluding hydrogens is 277 g/mol. The van der Waals surface area contributed by atoms with Gasteiger partial charge in [0.15, 0.2) is 0 Å². The molecule has 0 amide bonds. The molecule has 98 valence electrons. The third-order valence-electron chi connectivity index (χ3n) is 3.87. The van der Waals surface area contributed by atoms with Crippen molar-refractivity contribution in [2.24, 2.45) is 5.73 Å². The molecule has 0 spiro atoms. The highest BCUT2D eigenvalue weighted by Gasteiger charge is 2.28. The Morgan fingerprint density at radius 2 is 1.74 bits per heavy atom. The molecule has 3 heteroatoms. The minimum Gasteiger partial charge on any atom is -0.324 e. The first-order chi connectivity index (χ1) is 9.16. The van der Waals surface area contributed by atoms with Crippen molar-refractivity contribution in [1.29, 1.82) is 0 Å². The quantitative estimate of drug-likeness (QED) is 0.870. The van der Waals surface area contributed by atoms with Gasteiger partial charge in [-0.15, -0.1) is 0 Å². The average molecular weight is 292 g/mol. The SMILES string of the molecule is NC(CC1Cc2ccccc21)c1c(Cl)cccc1Cl. The Bertz CT molecular complexity index is 589. The van der Waals surface area contributed by atoms with E-state index in [2.05, 4.69) is 24.3 Å². The van der Waals surface area contributed by atoms with Gasteiger partial charge < -0.3 is 5.73 Å². The van der Waals surface area contributed by atoms with Crippen molar-refractivity contribution < 1.29 is 0 Å². The van der Waals surface area contributed by atoms with Gasteiger partial charge in [-0.2, -0.15) is 0 Å². The molecule has 1 nitrogen and oxygen atoms in total. The molecular formula is C16H15Cl2N. The van der Waals surface area contributed by atoms with Gasteiger partial charge in [0.05, 0.1) is 0 Å². The van der Waals surface area contributed by atoms with Crippen LogP contribution in [0.15, 0.2) is 42.5 Å². The molecule has 2 aromatic rings. The molecule has 2 unspecified atom stereocenters. The molecule has 2 N–H and O–H groups in total. The van der Waals surface area contributed by atoms with Crippen molar-refractivity contribution in [3.8, 4) is 0 Å². The number of nitrogens with two attached hydrogens (primary N) is 1. The van der Waals surface area contributed by atoms with Crippen LogP contribution in [-0.2, 0) is 6.42 Å². The van der Waals surface area contributed by atoms with Crippen LogP contribution in [0.5, 0.6) is 0 Å². The molecule has 0 fully saturated rings. The van der Waals surface area contributed by atoms with Crippen LogP contribution in [0.3, 0.4) is 0 Å². The lowest BCUT2D eigenvalue weighted by Gasteiger charge is -2.32. The number of benzene rings is 2. The van der Waals surface area contributed by atoms with E-state index in [1.165, 1.54) is 11.1 Å². The Balaban J connectivity index is 1.79. The zero-order chi connectivity index (χ0) is 13.4. The van der Waals surface area contributed by atoms with Gasteiger partial charge in [-0.25, -0.2) is 0 Å². The molecule has 2 aromatic carbocycles. The second kappa shape index (κ2) is 5.16. The summed E-state index contributed by atoms with van der Waals surface area (Å²) < 4.78 is 0. The molecule has 1 aliphatic carbocycles. The predicted octanol–water partition coefficient (Wildman–Crippen LogP) is 4.72. The fourth-order valence-electron chi connectivity index (χ4n) is 2.86. The summed E-state index contributed by atoms with van der Waals surface area (Å²) in [5, 5.41) is 1.32. The van der Waals surface area contributed by atoms with E-state index >= 15 is 0 Å². The van der Waals surface area contributed by atoms with Gasteiger partial charge in [0.25, 0.3) is 0 Å². The maximum atomic E-state index is 6.30. The Labute approximate surface area is 123 Å². The van der Waals surface area contributed by atoms with E-state index < -0.39 is 0 Å². The molecule has 0 bridgehead atoms. The largest absolute Gasteiger partial charge is 0.324 e. The highest BCUT2D eigenvalue weighted by molar-refractivity contribution is 6.36. The lowest BCUT2D eigenvalue weighted by atomic mass is 9.74. The number of rotatable bonds is 3. The molecule has 0 aromatic heterocycles. The summed E-state index contributed by atoms with van der Waals surface area (Å²) in [5.41, 5.74) is 10.0. The normalized spacial score (nSPS) is 18.6. The smallest absolute Gasteiger partial charge is 0.0468 e. The second-order valence-electron chi connectivity index (χ2n) is 5.08. The minimum absolute atomic E-state index is 0.112. The Morgan fingerprint density at radius 3 is 2.42 bits per heavy atom. The van der Waals surface area contributed by atoms with Crippen molar-refractivity contribution in [3.63, 3.8) is 0 Å². The van der Waals surface area contributed by atoms with Crippen LogP contribution >= 0.6 is 23.2 Å². The third kappa shape index (κ3) is 2.38. The monoisotopic (exact) mass is 291 g/mol. The Hall–Kier alpha value is -1.02. The van der Waals surface area contributed by atoms with Crippen LogP contribution in [0.2, 0.25) is 10.0 Å². The number of hydrogen-bond donors (Lipinski definition) is 1.